The van der Waals surface area contributed by atoms with Crippen LogP contribution in [0.25, 0.3) is 0 Å². The van der Waals surface area contributed by atoms with Crippen LogP contribution in [0.3, 0.4) is 0 Å². The highest BCUT2D eigenvalue weighted by atomic mass is 35.5. The SMILES string of the molecule is Cl.NC(=O)[C@@H]1C[C@]1(F)c1ccccc1. The van der Waals surface area contributed by atoms with Gasteiger partial charge in [-0.2, -0.15) is 0 Å². The number of hydrogen-bond donors (Lipinski definition) is 1. The third-order valence-corrected chi connectivity index (χ3v) is 2.49. The lowest BCUT2D eigenvalue weighted by Crippen LogP contribution is -2.18. The van der Waals surface area contributed by atoms with E-state index in [2.05, 4.69) is 0 Å². The van der Waals surface area contributed by atoms with Crippen molar-refractivity contribution in [3.63, 3.8) is 0 Å². The monoisotopic (exact) mass is 215 g/mol. The first kappa shape index (κ1) is 11.0. The Hall–Kier alpha value is -1.09. The van der Waals surface area contributed by atoms with Gasteiger partial charge in [0.15, 0.2) is 0 Å². The number of nitrogens with two attached hydrogens (primary N) is 1. The van der Waals surface area contributed by atoms with Crippen molar-refractivity contribution in [2.24, 2.45) is 11.7 Å². The highest BCUT2D eigenvalue weighted by Gasteiger charge is 2.60. The molecule has 2 nitrogen and oxygen atoms in total. The van der Waals surface area contributed by atoms with Gasteiger partial charge < -0.3 is 5.73 Å². The molecule has 2 atom stereocenters. The lowest BCUT2D eigenvalue weighted by molar-refractivity contribution is -0.120. The van der Waals surface area contributed by atoms with Crippen molar-refractivity contribution in [1.82, 2.24) is 0 Å². The lowest BCUT2D eigenvalue weighted by Gasteiger charge is -2.05. The Kier molecular flexibility index (Phi) is 2.81. The Bertz CT molecular complexity index is 343. The van der Waals surface area contributed by atoms with Crippen molar-refractivity contribution >= 4 is 18.3 Å². The van der Waals surface area contributed by atoms with Crippen LogP contribution < -0.4 is 5.73 Å². The molecule has 0 unspecified atom stereocenters. The van der Waals surface area contributed by atoms with E-state index in [-0.39, 0.29) is 18.8 Å². The highest BCUT2D eigenvalue weighted by molar-refractivity contribution is 5.85. The summed E-state index contributed by atoms with van der Waals surface area (Å²) >= 11 is 0. The first-order valence-corrected chi connectivity index (χ1v) is 4.18. The topological polar surface area (TPSA) is 43.1 Å². The van der Waals surface area contributed by atoms with Gasteiger partial charge in [0.05, 0.1) is 5.92 Å². The van der Waals surface area contributed by atoms with Gasteiger partial charge in [-0.1, -0.05) is 30.3 Å². The van der Waals surface area contributed by atoms with E-state index in [0.29, 0.717) is 5.56 Å². The predicted octanol–water partition coefficient (Wildman–Crippen LogP) is 1.78. The van der Waals surface area contributed by atoms with Gasteiger partial charge in [0, 0.05) is 6.42 Å². The van der Waals surface area contributed by atoms with Gasteiger partial charge in [-0.3, -0.25) is 4.79 Å². The van der Waals surface area contributed by atoms with Gasteiger partial charge in [0.1, 0.15) is 5.67 Å². The number of halogens is 2. The number of rotatable bonds is 2. The molecule has 2 N–H and O–H groups in total. The quantitative estimate of drug-likeness (QED) is 0.803. The van der Waals surface area contributed by atoms with E-state index in [1.54, 1.807) is 24.3 Å². The molecular weight excluding hydrogens is 205 g/mol. The standard InChI is InChI=1S/C10H10FNO.ClH/c11-10(6-8(10)9(12)13)7-4-2-1-3-5-7;/h1-5,8H,6H2,(H2,12,13);1H/t8-,10-;/m0./s1. The van der Waals surface area contributed by atoms with Crippen LogP contribution in [-0.4, -0.2) is 5.91 Å². The number of amides is 1. The van der Waals surface area contributed by atoms with Crippen LogP contribution >= 0.6 is 12.4 Å². The summed E-state index contributed by atoms with van der Waals surface area (Å²) in [5.41, 5.74) is 4.09. The molecular formula is C10H11ClFNO. The van der Waals surface area contributed by atoms with Gasteiger partial charge in [-0.25, -0.2) is 4.39 Å². The Morgan fingerprint density at radius 1 is 1.43 bits per heavy atom. The summed E-state index contributed by atoms with van der Waals surface area (Å²) in [4.78, 5) is 10.7. The fourth-order valence-corrected chi connectivity index (χ4v) is 1.60. The van der Waals surface area contributed by atoms with Crippen molar-refractivity contribution in [2.75, 3.05) is 0 Å². The Morgan fingerprint density at radius 3 is 2.43 bits per heavy atom. The van der Waals surface area contributed by atoms with Gasteiger partial charge in [-0.15, -0.1) is 12.4 Å². The Balaban J connectivity index is 0.000000980. The van der Waals surface area contributed by atoms with Crippen LogP contribution in [0, 0.1) is 5.92 Å². The van der Waals surface area contributed by atoms with Crippen LogP contribution in [-0.2, 0) is 10.5 Å². The largest absolute Gasteiger partial charge is 0.369 e. The first-order chi connectivity index (χ1) is 6.14. The van der Waals surface area contributed by atoms with Crippen LogP contribution in [0.15, 0.2) is 30.3 Å². The van der Waals surface area contributed by atoms with Crippen molar-refractivity contribution < 1.29 is 9.18 Å². The maximum atomic E-state index is 13.8. The smallest absolute Gasteiger partial charge is 0.224 e. The molecule has 0 saturated heterocycles. The third-order valence-electron chi connectivity index (χ3n) is 2.49. The molecule has 1 aromatic carbocycles. The summed E-state index contributed by atoms with van der Waals surface area (Å²) < 4.78 is 13.8. The molecule has 0 heterocycles. The minimum Gasteiger partial charge on any atom is -0.369 e. The molecule has 1 aromatic rings. The minimum absolute atomic E-state index is 0. The third kappa shape index (κ3) is 1.60. The number of carbonyl (C=O) groups is 1. The molecule has 0 bridgehead atoms. The number of alkyl halides is 1. The molecule has 1 amide bonds. The molecule has 2 rings (SSSR count). The molecule has 1 fully saturated rings. The minimum atomic E-state index is -1.49. The lowest BCUT2D eigenvalue weighted by atomic mass is 10.1. The number of benzene rings is 1. The summed E-state index contributed by atoms with van der Waals surface area (Å²) in [6.45, 7) is 0. The fourth-order valence-electron chi connectivity index (χ4n) is 1.60. The zero-order valence-electron chi connectivity index (χ0n) is 7.44. The second-order valence-electron chi connectivity index (χ2n) is 3.39. The van der Waals surface area contributed by atoms with E-state index >= 15 is 0 Å². The fraction of sp³-hybridized carbons (Fsp3) is 0.300. The number of primary amides is 1. The molecule has 1 aliphatic carbocycles. The maximum Gasteiger partial charge on any atom is 0.224 e. The number of carbonyl (C=O) groups excluding carboxylic acids is 1. The van der Waals surface area contributed by atoms with Gasteiger partial charge in [0.2, 0.25) is 5.91 Å². The zero-order valence-corrected chi connectivity index (χ0v) is 8.26. The average Bonchev–Trinajstić information content (AvgIpc) is 2.82. The maximum absolute atomic E-state index is 13.8. The Labute approximate surface area is 87.7 Å². The van der Waals surface area contributed by atoms with Crippen LogP contribution in [0.1, 0.15) is 12.0 Å². The molecule has 1 saturated carbocycles. The summed E-state index contributed by atoms with van der Waals surface area (Å²) in [6.07, 6.45) is 0.229. The summed E-state index contributed by atoms with van der Waals surface area (Å²) in [6, 6.07) is 8.69. The van der Waals surface area contributed by atoms with Crippen molar-refractivity contribution in [1.29, 1.82) is 0 Å². The molecule has 1 aliphatic rings. The van der Waals surface area contributed by atoms with Crippen LogP contribution in [0.5, 0.6) is 0 Å². The molecule has 0 spiro atoms. The molecule has 0 aromatic heterocycles. The zero-order chi connectivity index (χ0) is 9.47. The van der Waals surface area contributed by atoms with E-state index in [4.69, 9.17) is 5.73 Å². The Morgan fingerprint density at radius 2 is 2.00 bits per heavy atom. The van der Waals surface area contributed by atoms with Crippen LogP contribution in [0.2, 0.25) is 0 Å². The molecule has 4 heteroatoms. The second kappa shape index (κ2) is 3.58. The van der Waals surface area contributed by atoms with Gasteiger partial charge in [0.25, 0.3) is 0 Å². The van der Waals surface area contributed by atoms with E-state index < -0.39 is 17.5 Å². The van der Waals surface area contributed by atoms with Crippen molar-refractivity contribution in [3.8, 4) is 0 Å². The summed E-state index contributed by atoms with van der Waals surface area (Å²) in [5, 5.41) is 0. The van der Waals surface area contributed by atoms with Crippen LogP contribution in [0.4, 0.5) is 4.39 Å². The summed E-state index contributed by atoms with van der Waals surface area (Å²) in [7, 11) is 0. The molecule has 76 valence electrons. The average molecular weight is 216 g/mol. The molecule has 0 aliphatic heterocycles. The predicted molar refractivity (Wildman–Crippen MR) is 53.8 cm³/mol. The van der Waals surface area contributed by atoms with E-state index in [0.717, 1.165) is 0 Å². The number of hydrogen-bond acceptors (Lipinski definition) is 1. The summed E-state index contributed by atoms with van der Waals surface area (Å²) in [5.74, 6) is -1.18. The van der Waals surface area contributed by atoms with E-state index in [1.165, 1.54) is 0 Å². The first-order valence-electron chi connectivity index (χ1n) is 4.18. The van der Waals surface area contributed by atoms with Gasteiger partial charge in [-0.05, 0) is 5.56 Å². The second-order valence-corrected chi connectivity index (χ2v) is 3.39. The van der Waals surface area contributed by atoms with E-state index in [9.17, 15) is 9.18 Å². The highest BCUT2D eigenvalue weighted by Crippen LogP contribution is 2.55. The molecule has 0 radical (unpaired) electrons. The van der Waals surface area contributed by atoms with Crippen molar-refractivity contribution in [2.45, 2.75) is 12.1 Å². The van der Waals surface area contributed by atoms with Gasteiger partial charge >= 0.3 is 0 Å². The van der Waals surface area contributed by atoms with E-state index in [1.807, 2.05) is 6.07 Å². The van der Waals surface area contributed by atoms with Crippen molar-refractivity contribution in [3.05, 3.63) is 35.9 Å². The molecule has 14 heavy (non-hydrogen) atoms. The normalized spacial score (nSPS) is 29.1.